The number of hydrogen-bond donors (Lipinski definition) is 0. The van der Waals surface area contributed by atoms with E-state index in [1.807, 2.05) is 0 Å². The molecule has 0 atom stereocenters. The summed E-state index contributed by atoms with van der Waals surface area (Å²) in [5, 5.41) is 0.540. The van der Waals surface area contributed by atoms with Crippen molar-refractivity contribution in [1.82, 2.24) is 4.98 Å². The van der Waals surface area contributed by atoms with Gasteiger partial charge in [-0.2, -0.15) is 0 Å². The first kappa shape index (κ1) is 14.5. The largest absolute Gasteiger partial charge is 0.480 e. The van der Waals surface area contributed by atoms with Gasteiger partial charge in [0.1, 0.15) is 10.5 Å². The van der Waals surface area contributed by atoms with E-state index in [0.717, 1.165) is 0 Å². The van der Waals surface area contributed by atoms with E-state index in [9.17, 15) is 4.57 Å². The first-order valence-electron chi connectivity index (χ1n) is 5.17. The van der Waals surface area contributed by atoms with E-state index in [1.165, 1.54) is 13.2 Å². The lowest BCUT2D eigenvalue weighted by atomic mass is 10.5. The van der Waals surface area contributed by atoms with Gasteiger partial charge in [-0.1, -0.05) is 11.6 Å². The third-order valence-corrected chi connectivity index (χ3v) is 4.23. The Morgan fingerprint density at radius 1 is 1.29 bits per heavy atom. The molecule has 7 heteroatoms. The molecule has 0 N–H and O–H groups in total. The van der Waals surface area contributed by atoms with Gasteiger partial charge in [-0.3, -0.25) is 4.57 Å². The Bertz CT molecular complexity index is 417. The number of methoxy groups -OCH3 is 1. The van der Waals surface area contributed by atoms with Crippen LogP contribution in [0.2, 0.25) is 5.15 Å². The minimum absolute atomic E-state index is 0.155. The fourth-order valence-corrected chi connectivity index (χ4v) is 3.09. The third kappa shape index (κ3) is 3.42. The van der Waals surface area contributed by atoms with Crippen LogP contribution in [0.3, 0.4) is 0 Å². The van der Waals surface area contributed by atoms with Gasteiger partial charge in [-0.25, -0.2) is 4.98 Å². The molecule has 0 aliphatic carbocycles. The Hall–Kier alpha value is -0.610. The van der Waals surface area contributed by atoms with Gasteiger partial charge < -0.3 is 13.8 Å². The summed E-state index contributed by atoms with van der Waals surface area (Å²) in [7, 11) is -1.97. The van der Waals surface area contributed by atoms with Crippen molar-refractivity contribution < 1.29 is 18.3 Å². The van der Waals surface area contributed by atoms with Crippen LogP contribution in [-0.4, -0.2) is 25.3 Å². The molecule has 0 unspecified atom stereocenters. The number of halogens is 1. The molecule has 1 rings (SSSR count). The van der Waals surface area contributed by atoms with Crippen LogP contribution in [0.5, 0.6) is 5.88 Å². The predicted molar refractivity (Wildman–Crippen MR) is 66.3 cm³/mol. The van der Waals surface area contributed by atoms with Crippen LogP contribution in [0, 0.1) is 0 Å². The summed E-state index contributed by atoms with van der Waals surface area (Å²) < 4.78 is 28.0. The summed E-state index contributed by atoms with van der Waals surface area (Å²) >= 11 is 5.74. The summed E-state index contributed by atoms with van der Waals surface area (Å²) in [4.78, 5) is 3.93. The summed E-state index contributed by atoms with van der Waals surface area (Å²) in [6.07, 6.45) is 0. The fraction of sp³-hybridized carbons (Fsp3) is 0.500. The molecule has 1 aromatic heterocycles. The van der Waals surface area contributed by atoms with Crippen molar-refractivity contribution in [1.29, 1.82) is 0 Å². The smallest absolute Gasteiger partial charge is 0.366 e. The van der Waals surface area contributed by atoms with Crippen molar-refractivity contribution in [3.8, 4) is 5.88 Å². The zero-order valence-corrected chi connectivity index (χ0v) is 11.6. The lowest BCUT2D eigenvalue weighted by Crippen LogP contribution is -2.14. The van der Waals surface area contributed by atoms with Crippen molar-refractivity contribution in [3.63, 3.8) is 0 Å². The number of rotatable bonds is 6. The maximum atomic E-state index is 12.5. The van der Waals surface area contributed by atoms with E-state index in [2.05, 4.69) is 4.98 Å². The Morgan fingerprint density at radius 2 is 1.88 bits per heavy atom. The molecular weight excluding hydrogens is 265 g/mol. The van der Waals surface area contributed by atoms with E-state index in [4.69, 9.17) is 25.4 Å². The second kappa shape index (κ2) is 6.36. The molecule has 1 aromatic rings. The van der Waals surface area contributed by atoms with Crippen molar-refractivity contribution >= 4 is 24.5 Å². The average molecular weight is 280 g/mol. The summed E-state index contributed by atoms with van der Waals surface area (Å²) in [5.74, 6) is 0.155. The zero-order chi connectivity index (χ0) is 12.9. The van der Waals surface area contributed by atoms with Gasteiger partial charge in [0, 0.05) is 0 Å². The van der Waals surface area contributed by atoms with Gasteiger partial charge in [-0.15, -0.1) is 0 Å². The van der Waals surface area contributed by atoms with E-state index >= 15 is 0 Å². The number of hydrogen-bond acceptors (Lipinski definition) is 5. The molecule has 0 saturated carbocycles. The number of aromatic nitrogens is 1. The van der Waals surface area contributed by atoms with E-state index in [-0.39, 0.29) is 29.6 Å². The second-order valence-corrected chi connectivity index (χ2v) is 5.38. The molecule has 0 radical (unpaired) electrons. The van der Waals surface area contributed by atoms with Crippen molar-refractivity contribution in [2.24, 2.45) is 0 Å². The van der Waals surface area contributed by atoms with Crippen LogP contribution in [0.1, 0.15) is 13.8 Å². The lowest BCUT2D eigenvalue weighted by molar-refractivity contribution is 0.229. The van der Waals surface area contributed by atoms with Crippen molar-refractivity contribution in [2.45, 2.75) is 13.8 Å². The highest BCUT2D eigenvalue weighted by molar-refractivity contribution is 7.62. The SMILES string of the molecule is CCOP(=O)(OCC)c1ccc(Cl)nc1OC. The van der Waals surface area contributed by atoms with Gasteiger partial charge in [-0.05, 0) is 26.0 Å². The first-order chi connectivity index (χ1) is 8.07. The Labute approximate surface area is 106 Å². The van der Waals surface area contributed by atoms with Crippen LogP contribution >= 0.6 is 19.2 Å². The quantitative estimate of drug-likeness (QED) is 0.592. The van der Waals surface area contributed by atoms with Gasteiger partial charge in [0.15, 0.2) is 0 Å². The van der Waals surface area contributed by atoms with Crippen molar-refractivity contribution in [2.75, 3.05) is 20.3 Å². The number of pyridine rings is 1. The van der Waals surface area contributed by atoms with Crippen LogP contribution < -0.4 is 10.0 Å². The number of ether oxygens (including phenoxy) is 1. The highest BCUT2D eigenvalue weighted by Gasteiger charge is 2.31. The summed E-state index contributed by atoms with van der Waals surface area (Å²) in [6, 6.07) is 3.06. The molecule has 0 aliphatic heterocycles. The molecule has 17 heavy (non-hydrogen) atoms. The van der Waals surface area contributed by atoms with Gasteiger partial charge in [0.05, 0.1) is 20.3 Å². The van der Waals surface area contributed by atoms with E-state index in [0.29, 0.717) is 0 Å². The molecule has 0 aliphatic rings. The summed E-state index contributed by atoms with van der Waals surface area (Å²) in [5.41, 5.74) is 0. The fourth-order valence-electron chi connectivity index (χ4n) is 1.29. The van der Waals surface area contributed by atoms with Crippen LogP contribution in [0.4, 0.5) is 0 Å². The Kier molecular flexibility index (Phi) is 5.40. The molecular formula is C10H15ClNO4P. The van der Waals surface area contributed by atoms with E-state index in [1.54, 1.807) is 19.9 Å². The van der Waals surface area contributed by atoms with Gasteiger partial charge >= 0.3 is 7.60 Å². The Balaban J connectivity index is 3.22. The normalized spacial score (nSPS) is 11.5. The van der Waals surface area contributed by atoms with Crippen LogP contribution in [0.15, 0.2) is 12.1 Å². The molecule has 0 amide bonds. The predicted octanol–water partition coefficient (Wildman–Crippen LogP) is 2.64. The molecule has 0 spiro atoms. The highest BCUT2D eigenvalue weighted by Crippen LogP contribution is 2.48. The minimum Gasteiger partial charge on any atom is -0.480 e. The van der Waals surface area contributed by atoms with E-state index < -0.39 is 7.60 Å². The van der Waals surface area contributed by atoms with Crippen LogP contribution in [-0.2, 0) is 13.6 Å². The highest BCUT2D eigenvalue weighted by atomic mass is 35.5. The second-order valence-electron chi connectivity index (χ2n) is 3.00. The number of nitrogens with zero attached hydrogens (tertiary/aromatic N) is 1. The molecule has 0 fully saturated rings. The molecule has 1 heterocycles. The molecule has 0 aromatic carbocycles. The maximum Gasteiger partial charge on any atom is 0.366 e. The average Bonchev–Trinajstić information content (AvgIpc) is 2.29. The first-order valence-corrected chi connectivity index (χ1v) is 7.09. The van der Waals surface area contributed by atoms with Crippen LogP contribution in [0.25, 0.3) is 0 Å². The molecule has 5 nitrogen and oxygen atoms in total. The molecule has 96 valence electrons. The maximum absolute atomic E-state index is 12.5. The van der Waals surface area contributed by atoms with Gasteiger partial charge in [0.25, 0.3) is 0 Å². The summed E-state index contributed by atoms with van der Waals surface area (Å²) in [6.45, 7) is 4.01. The Morgan fingerprint density at radius 3 is 2.35 bits per heavy atom. The zero-order valence-electron chi connectivity index (χ0n) is 9.97. The van der Waals surface area contributed by atoms with Gasteiger partial charge in [0.2, 0.25) is 5.88 Å². The van der Waals surface area contributed by atoms with Crippen molar-refractivity contribution in [3.05, 3.63) is 17.3 Å². The lowest BCUT2D eigenvalue weighted by Gasteiger charge is -2.18. The third-order valence-electron chi connectivity index (χ3n) is 1.89. The molecule has 0 bridgehead atoms. The topological polar surface area (TPSA) is 57.7 Å². The standard InChI is InChI=1S/C10H15ClNO4P/c1-4-15-17(13,16-5-2)8-6-7-9(11)12-10(8)14-3/h6-7H,4-5H2,1-3H3. The molecule has 0 saturated heterocycles. The minimum atomic E-state index is -3.39. The monoisotopic (exact) mass is 279 g/mol.